The summed E-state index contributed by atoms with van der Waals surface area (Å²) in [7, 11) is 0. The molecule has 4 N–H and O–H groups in total. The molecule has 4 aliphatic heterocycles. The third kappa shape index (κ3) is 9.53. The van der Waals surface area contributed by atoms with Gasteiger partial charge in [0.05, 0.1) is 6.54 Å². The largest absolute Gasteiger partial charge is 0.458 e. The molecule has 7 amide bonds. The van der Waals surface area contributed by atoms with Crippen molar-refractivity contribution < 1.29 is 51.5 Å². The van der Waals surface area contributed by atoms with E-state index in [9.17, 15) is 46.7 Å². The first-order valence-electron chi connectivity index (χ1n) is 19.6. The molecule has 0 radical (unpaired) electrons. The number of anilines is 1. The van der Waals surface area contributed by atoms with Gasteiger partial charge in [-0.05, 0) is 82.7 Å². The normalized spacial score (nSPS) is 27.5. The highest BCUT2D eigenvalue weighted by Gasteiger charge is 2.48. The van der Waals surface area contributed by atoms with E-state index in [-0.39, 0.29) is 25.1 Å². The van der Waals surface area contributed by atoms with Crippen LogP contribution in [-0.2, 0) is 39.9 Å². The Balaban J connectivity index is 1.34. The molecule has 8 atom stereocenters. The van der Waals surface area contributed by atoms with Crippen LogP contribution in [-0.4, -0.2) is 124 Å². The molecule has 0 aromatic heterocycles. The van der Waals surface area contributed by atoms with Crippen molar-refractivity contribution in [2.75, 3.05) is 25.0 Å². The van der Waals surface area contributed by atoms with Gasteiger partial charge in [0.25, 0.3) is 0 Å². The van der Waals surface area contributed by atoms with E-state index in [0.29, 0.717) is 37.4 Å². The third-order valence-electron chi connectivity index (χ3n) is 11.1. The Morgan fingerprint density at radius 3 is 2.21 bits per heavy atom. The molecule has 4 heterocycles. The van der Waals surface area contributed by atoms with E-state index in [1.54, 1.807) is 24.3 Å². The summed E-state index contributed by atoms with van der Waals surface area (Å²) in [5, 5.41) is 10.3. The Kier molecular flexibility index (Phi) is 12.9. The fourth-order valence-electron chi connectivity index (χ4n) is 8.10. The van der Waals surface area contributed by atoms with Crippen LogP contribution in [0.2, 0.25) is 0 Å². The number of alkyl halides is 1. The number of hydrogen-bond acceptors (Lipinski definition) is 8. The van der Waals surface area contributed by atoms with Gasteiger partial charge < -0.3 is 40.7 Å². The van der Waals surface area contributed by atoms with Crippen molar-refractivity contribution >= 4 is 47.2 Å². The maximum absolute atomic E-state index is 14.9. The number of esters is 1. The molecule has 18 heteroatoms. The number of ether oxygens (including phenoxy) is 1. The number of cyclic esters (lactones) is 1. The average Bonchev–Trinajstić information content (AvgIpc) is 3.83. The van der Waals surface area contributed by atoms with Crippen molar-refractivity contribution in [3.63, 3.8) is 0 Å². The Hall–Kier alpha value is -5.68. The number of carbonyl (C=O) groups excluding carboxylic acids is 7. The van der Waals surface area contributed by atoms with Crippen molar-refractivity contribution in [1.82, 2.24) is 30.7 Å². The van der Waals surface area contributed by atoms with Crippen LogP contribution in [0.5, 0.6) is 0 Å². The number of halogens is 3. The molecule has 0 spiro atoms. The smallest absolute Gasteiger partial charge is 0.329 e. The monoisotopic (exact) mass is 811 g/mol. The zero-order chi connectivity index (χ0) is 41.8. The number of amides is 7. The summed E-state index contributed by atoms with van der Waals surface area (Å²) in [4.78, 5) is 101. The van der Waals surface area contributed by atoms with Crippen LogP contribution in [0.25, 0.3) is 0 Å². The van der Waals surface area contributed by atoms with Crippen molar-refractivity contribution in [2.45, 2.75) is 114 Å². The van der Waals surface area contributed by atoms with E-state index in [4.69, 9.17) is 4.74 Å². The van der Waals surface area contributed by atoms with E-state index in [1.807, 2.05) is 6.92 Å². The summed E-state index contributed by atoms with van der Waals surface area (Å²) in [6.07, 6.45) is -1.86. The van der Waals surface area contributed by atoms with Crippen molar-refractivity contribution in [3.05, 3.63) is 65.2 Å². The molecule has 312 valence electrons. The Bertz CT molecular complexity index is 1920. The maximum Gasteiger partial charge on any atom is 0.329 e. The SMILES string of the molecule is Cc1ccc(NC(=O)N[C@@H](Cc2cc(F)cc(F)c2)C(=O)N[C@@H]2C(=O)N3CCC[C@H]3C(=O)N3CCCC[C@H]3C(=O)N[C@@H](C)C(=O)N3C[C@H](F)C[C@H]3C(=O)O[C@H]2C)cc1. The van der Waals surface area contributed by atoms with Crippen LogP contribution < -0.4 is 21.3 Å². The predicted octanol–water partition coefficient (Wildman–Crippen LogP) is 2.25. The van der Waals surface area contributed by atoms with Gasteiger partial charge in [-0.3, -0.25) is 24.0 Å². The van der Waals surface area contributed by atoms with Crippen LogP contribution in [0.15, 0.2) is 42.5 Å². The molecule has 4 aliphatic rings. The summed E-state index contributed by atoms with van der Waals surface area (Å²) in [5.74, 6) is -6.65. The number of carbonyl (C=O) groups is 7. The predicted molar refractivity (Wildman–Crippen MR) is 201 cm³/mol. The van der Waals surface area contributed by atoms with Gasteiger partial charge in [-0.15, -0.1) is 0 Å². The number of urea groups is 1. The topological polar surface area (TPSA) is 187 Å². The number of piperidine rings is 1. The van der Waals surface area contributed by atoms with E-state index in [0.717, 1.165) is 22.6 Å². The van der Waals surface area contributed by atoms with Gasteiger partial charge in [-0.2, -0.15) is 0 Å². The number of hydrogen-bond donors (Lipinski definition) is 4. The van der Waals surface area contributed by atoms with Gasteiger partial charge in [0, 0.05) is 37.7 Å². The zero-order valence-corrected chi connectivity index (χ0v) is 32.5. The molecule has 2 aromatic rings. The average molecular weight is 812 g/mol. The second-order valence-corrected chi connectivity index (χ2v) is 15.4. The molecule has 15 nitrogen and oxygen atoms in total. The van der Waals surface area contributed by atoms with Crippen LogP contribution >= 0.6 is 0 Å². The number of benzene rings is 2. The summed E-state index contributed by atoms with van der Waals surface area (Å²) in [5.41, 5.74) is 1.28. The second kappa shape index (κ2) is 17.9. The molecule has 4 saturated heterocycles. The van der Waals surface area contributed by atoms with Crippen LogP contribution in [0.1, 0.15) is 63.5 Å². The lowest BCUT2D eigenvalue weighted by atomic mass is 9.99. The minimum Gasteiger partial charge on any atom is -0.458 e. The van der Waals surface area contributed by atoms with Gasteiger partial charge in [-0.1, -0.05) is 17.7 Å². The summed E-state index contributed by atoms with van der Waals surface area (Å²) in [6.45, 7) is 4.38. The zero-order valence-electron chi connectivity index (χ0n) is 32.5. The molecular formula is C40H48F3N7O8. The number of rotatable bonds is 6. The standard InChI is InChI=1S/C40H48F3N7O8/c1-21-9-11-28(12-10-21)45-40(57)46-29(17-24-15-25(41)18-26(42)16-24)34(51)47-33-23(3)58-39(56)32-19-27(43)20-50(32)36(53)22(2)44-35(52)30-7-4-5-13-48(30)37(54)31-8-6-14-49(31)38(33)55/h9-12,15-16,18,22-23,27,29-33H,4-8,13-14,17,19-20H2,1-3H3,(H,44,52)(H,47,51)(H2,45,46,57)/t22-,23-,27+,29-,30-,31-,32-,33-/m0/s1. The van der Waals surface area contributed by atoms with Crippen LogP contribution in [0.4, 0.5) is 23.7 Å². The molecule has 6 rings (SSSR count). The molecule has 0 aliphatic carbocycles. The molecule has 2 aromatic carbocycles. The lowest BCUT2D eigenvalue weighted by Gasteiger charge is -2.39. The van der Waals surface area contributed by atoms with Gasteiger partial charge in [0.2, 0.25) is 29.5 Å². The van der Waals surface area contributed by atoms with Gasteiger partial charge in [0.1, 0.15) is 60.2 Å². The van der Waals surface area contributed by atoms with Gasteiger partial charge in [0.15, 0.2) is 0 Å². The van der Waals surface area contributed by atoms with Crippen molar-refractivity contribution in [1.29, 1.82) is 0 Å². The molecule has 58 heavy (non-hydrogen) atoms. The quantitative estimate of drug-likeness (QED) is 0.320. The lowest BCUT2D eigenvalue weighted by molar-refractivity contribution is -0.163. The lowest BCUT2D eigenvalue weighted by Crippen LogP contribution is -2.63. The molecule has 0 bridgehead atoms. The molecule has 0 unspecified atom stereocenters. The minimum absolute atomic E-state index is 0.0107. The van der Waals surface area contributed by atoms with Crippen molar-refractivity contribution in [3.8, 4) is 0 Å². The Morgan fingerprint density at radius 2 is 1.50 bits per heavy atom. The number of nitrogens with one attached hydrogen (secondary N) is 4. The summed E-state index contributed by atoms with van der Waals surface area (Å²) >= 11 is 0. The molecule has 0 saturated carbocycles. The minimum atomic E-state index is -1.71. The summed E-state index contributed by atoms with van der Waals surface area (Å²) in [6, 6.07) is 0.543. The van der Waals surface area contributed by atoms with Gasteiger partial charge >= 0.3 is 12.0 Å². The van der Waals surface area contributed by atoms with E-state index in [2.05, 4.69) is 21.3 Å². The van der Waals surface area contributed by atoms with E-state index in [1.165, 1.54) is 23.6 Å². The number of aryl methyl sites for hydroxylation is 1. The maximum atomic E-state index is 14.9. The highest BCUT2D eigenvalue weighted by Crippen LogP contribution is 2.28. The van der Waals surface area contributed by atoms with E-state index >= 15 is 0 Å². The first kappa shape index (κ1) is 41.9. The molecule has 4 fully saturated rings. The Labute approximate surface area is 333 Å². The van der Waals surface area contributed by atoms with Crippen molar-refractivity contribution in [2.24, 2.45) is 0 Å². The van der Waals surface area contributed by atoms with Crippen LogP contribution in [0, 0.1) is 18.6 Å². The second-order valence-electron chi connectivity index (χ2n) is 15.4. The first-order chi connectivity index (χ1) is 27.6. The highest BCUT2D eigenvalue weighted by molar-refractivity contribution is 5.98. The number of fused-ring (bicyclic) bond motifs is 3. The number of nitrogens with zero attached hydrogens (tertiary/aromatic N) is 3. The first-order valence-corrected chi connectivity index (χ1v) is 19.6. The fraction of sp³-hybridized carbons (Fsp3) is 0.525. The highest BCUT2D eigenvalue weighted by atomic mass is 19.1. The molecular weight excluding hydrogens is 763 g/mol. The summed E-state index contributed by atoms with van der Waals surface area (Å²) < 4.78 is 49.2. The third-order valence-corrected chi connectivity index (χ3v) is 11.1. The van der Waals surface area contributed by atoms with Crippen LogP contribution in [0.3, 0.4) is 0 Å². The van der Waals surface area contributed by atoms with E-state index < -0.39 is 121 Å². The Morgan fingerprint density at radius 1 is 0.845 bits per heavy atom. The van der Waals surface area contributed by atoms with Gasteiger partial charge in [-0.25, -0.2) is 22.8 Å². The fourth-order valence-corrected chi connectivity index (χ4v) is 8.10.